The SMILES string of the molecule is O=C(CNC(=O)c1ccc(N2CCCC2=O)cc1)NCC(c1ccccc1)N1CCCC1. The summed E-state index contributed by atoms with van der Waals surface area (Å²) in [5.41, 5.74) is 2.46. The quantitative estimate of drug-likeness (QED) is 0.669. The zero-order valence-corrected chi connectivity index (χ0v) is 18.3. The Bertz CT molecular complexity index is 939. The summed E-state index contributed by atoms with van der Waals surface area (Å²) < 4.78 is 0. The number of carbonyl (C=O) groups is 3. The number of anilines is 1. The second-order valence-corrected chi connectivity index (χ2v) is 8.35. The van der Waals surface area contributed by atoms with Gasteiger partial charge in [-0.3, -0.25) is 19.3 Å². The van der Waals surface area contributed by atoms with E-state index in [1.807, 2.05) is 18.2 Å². The summed E-state index contributed by atoms with van der Waals surface area (Å²) in [4.78, 5) is 40.8. The van der Waals surface area contributed by atoms with Gasteiger partial charge in [-0.25, -0.2) is 0 Å². The van der Waals surface area contributed by atoms with E-state index in [0.717, 1.165) is 25.2 Å². The van der Waals surface area contributed by atoms with Crippen molar-refractivity contribution in [2.75, 3.05) is 37.6 Å². The van der Waals surface area contributed by atoms with E-state index in [-0.39, 0.29) is 30.3 Å². The molecule has 7 heteroatoms. The predicted octanol–water partition coefficient (Wildman–Crippen LogP) is 2.50. The summed E-state index contributed by atoms with van der Waals surface area (Å²) in [6.45, 7) is 3.21. The molecular weight excluding hydrogens is 404 g/mol. The normalized spacial score (nSPS) is 17.4. The third-order valence-electron chi connectivity index (χ3n) is 6.18. The largest absolute Gasteiger partial charge is 0.353 e. The Balaban J connectivity index is 1.27. The molecule has 32 heavy (non-hydrogen) atoms. The van der Waals surface area contributed by atoms with Crippen LogP contribution in [-0.4, -0.2) is 55.3 Å². The van der Waals surface area contributed by atoms with Crippen LogP contribution in [0.15, 0.2) is 54.6 Å². The number of carbonyl (C=O) groups excluding carboxylic acids is 3. The second-order valence-electron chi connectivity index (χ2n) is 8.35. The van der Waals surface area contributed by atoms with Crippen molar-refractivity contribution in [2.45, 2.75) is 31.7 Å². The molecule has 1 atom stereocenters. The van der Waals surface area contributed by atoms with Crippen molar-refractivity contribution in [2.24, 2.45) is 0 Å². The molecule has 2 aliphatic heterocycles. The summed E-state index contributed by atoms with van der Waals surface area (Å²) in [7, 11) is 0. The van der Waals surface area contributed by atoms with Crippen molar-refractivity contribution < 1.29 is 14.4 Å². The van der Waals surface area contributed by atoms with E-state index in [9.17, 15) is 14.4 Å². The van der Waals surface area contributed by atoms with Crippen LogP contribution in [0.5, 0.6) is 0 Å². The minimum atomic E-state index is -0.307. The van der Waals surface area contributed by atoms with Crippen molar-refractivity contribution >= 4 is 23.4 Å². The van der Waals surface area contributed by atoms with E-state index < -0.39 is 0 Å². The first-order valence-corrected chi connectivity index (χ1v) is 11.4. The summed E-state index contributed by atoms with van der Waals surface area (Å²) >= 11 is 0. The molecule has 0 spiro atoms. The van der Waals surface area contributed by atoms with Crippen LogP contribution in [-0.2, 0) is 9.59 Å². The lowest BCUT2D eigenvalue weighted by Gasteiger charge is -2.28. The molecule has 2 saturated heterocycles. The third kappa shape index (κ3) is 5.34. The summed E-state index contributed by atoms with van der Waals surface area (Å²) in [5.74, 6) is -0.405. The molecule has 3 amide bonds. The lowest BCUT2D eigenvalue weighted by Crippen LogP contribution is -2.41. The highest BCUT2D eigenvalue weighted by molar-refractivity contribution is 5.98. The van der Waals surface area contributed by atoms with Gasteiger partial charge in [0.1, 0.15) is 0 Å². The molecule has 2 N–H and O–H groups in total. The molecule has 2 heterocycles. The van der Waals surface area contributed by atoms with Crippen LogP contribution in [0.2, 0.25) is 0 Å². The van der Waals surface area contributed by atoms with E-state index in [2.05, 4.69) is 27.7 Å². The standard InChI is InChI=1S/C25H30N4O3/c30-23(26-17-22(28-14-4-5-15-28)19-7-2-1-3-8-19)18-27-25(32)20-10-12-21(13-11-20)29-16-6-9-24(29)31/h1-3,7-8,10-13,22H,4-6,9,14-18H2,(H,26,30)(H,27,32). The number of rotatable bonds is 8. The molecule has 0 bridgehead atoms. The van der Waals surface area contributed by atoms with Crippen LogP contribution in [0, 0.1) is 0 Å². The van der Waals surface area contributed by atoms with Gasteiger partial charge in [0, 0.05) is 30.8 Å². The molecule has 2 aromatic rings. The Labute approximate surface area is 188 Å². The number of benzene rings is 2. The summed E-state index contributed by atoms with van der Waals surface area (Å²) in [6, 6.07) is 17.3. The smallest absolute Gasteiger partial charge is 0.251 e. The molecule has 2 aromatic carbocycles. The van der Waals surface area contributed by atoms with Crippen LogP contribution < -0.4 is 15.5 Å². The fourth-order valence-electron chi connectivity index (χ4n) is 4.44. The van der Waals surface area contributed by atoms with Crippen LogP contribution >= 0.6 is 0 Å². The number of nitrogens with zero attached hydrogens (tertiary/aromatic N) is 2. The molecule has 0 radical (unpaired) electrons. The zero-order valence-electron chi connectivity index (χ0n) is 18.3. The number of hydrogen-bond donors (Lipinski definition) is 2. The molecule has 2 aliphatic rings. The van der Waals surface area contributed by atoms with Crippen molar-refractivity contribution in [1.82, 2.24) is 15.5 Å². The molecule has 2 fully saturated rings. The molecule has 0 aromatic heterocycles. The number of hydrogen-bond acceptors (Lipinski definition) is 4. The van der Waals surface area contributed by atoms with Gasteiger partial charge in [-0.2, -0.15) is 0 Å². The Morgan fingerprint density at radius 3 is 2.25 bits per heavy atom. The first-order valence-electron chi connectivity index (χ1n) is 11.4. The van der Waals surface area contributed by atoms with Gasteiger partial charge in [0.25, 0.3) is 5.91 Å². The Kier molecular flexibility index (Phi) is 7.17. The molecule has 0 saturated carbocycles. The molecule has 168 valence electrons. The van der Waals surface area contributed by atoms with Gasteiger partial charge in [-0.1, -0.05) is 30.3 Å². The van der Waals surface area contributed by atoms with E-state index in [1.54, 1.807) is 29.2 Å². The van der Waals surface area contributed by atoms with E-state index in [4.69, 9.17) is 0 Å². The highest BCUT2D eigenvalue weighted by atomic mass is 16.2. The number of likely N-dealkylation sites (tertiary alicyclic amines) is 1. The molecule has 1 unspecified atom stereocenters. The first-order chi connectivity index (χ1) is 15.6. The van der Waals surface area contributed by atoms with Crippen molar-refractivity contribution in [1.29, 1.82) is 0 Å². The van der Waals surface area contributed by atoms with Gasteiger partial charge in [0.15, 0.2) is 0 Å². The van der Waals surface area contributed by atoms with Gasteiger partial charge >= 0.3 is 0 Å². The summed E-state index contributed by atoms with van der Waals surface area (Å²) in [5, 5.41) is 5.66. The maximum Gasteiger partial charge on any atom is 0.251 e. The average molecular weight is 435 g/mol. The highest BCUT2D eigenvalue weighted by Gasteiger charge is 2.24. The van der Waals surface area contributed by atoms with Crippen molar-refractivity contribution in [3.05, 3.63) is 65.7 Å². The van der Waals surface area contributed by atoms with Crippen LogP contribution in [0.3, 0.4) is 0 Å². The average Bonchev–Trinajstić information content (AvgIpc) is 3.51. The van der Waals surface area contributed by atoms with Crippen molar-refractivity contribution in [3.63, 3.8) is 0 Å². The Morgan fingerprint density at radius 1 is 0.875 bits per heavy atom. The summed E-state index contributed by atoms with van der Waals surface area (Å²) in [6.07, 6.45) is 3.79. The molecule has 7 nitrogen and oxygen atoms in total. The third-order valence-corrected chi connectivity index (χ3v) is 6.18. The minimum absolute atomic E-state index is 0.0767. The Morgan fingerprint density at radius 2 is 1.59 bits per heavy atom. The first kappa shape index (κ1) is 22.0. The lowest BCUT2D eigenvalue weighted by atomic mass is 10.1. The monoisotopic (exact) mass is 434 g/mol. The van der Waals surface area contributed by atoms with E-state index in [1.165, 1.54) is 18.4 Å². The second kappa shape index (κ2) is 10.4. The van der Waals surface area contributed by atoms with Gasteiger partial charge < -0.3 is 15.5 Å². The van der Waals surface area contributed by atoms with Crippen LogP contribution in [0.4, 0.5) is 5.69 Å². The van der Waals surface area contributed by atoms with Crippen LogP contribution in [0.1, 0.15) is 47.6 Å². The lowest BCUT2D eigenvalue weighted by molar-refractivity contribution is -0.120. The number of amides is 3. The van der Waals surface area contributed by atoms with Gasteiger partial charge in [0.2, 0.25) is 11.8 Å². The zero-order chi connectivity index (χ0) is 22.3. The maximum absolute atomic E-state index is 12.4. The van der Waals surface area contributed by atoms with Crippen molar-refractivity contribution in [3.8, 4) is 0 Å². The molecular formula is C25H30N4O3. The molecule has 0 aliphatic carbocycles. The molecule has 4 rings (SSSR count). The fourth-order valence-corrected chi connectivity index (χ4v) is 4.44. The van der Waals surface area contributed by atoms with E-state index in [0.29, 0.717) is 25.1 Å². The topological polar surface area (TPSA) is 81.8 Å². The van der Waals surface area contributed by atoms with E-state index >= 15 is 0 Å². The Hall–Kier alpha value is -3.19. The van der Waals surface area contributed by atoms with Gasteiger partial charge in [0.05, 0.1) is 12.6 Å². The van der Waals surface area contributed by atoms with Crippen LogP contribution in [0.25, 0.3) is 0 Å². The fraction of sp³-hybridized carbons (Fsp3) is 0.400. The highest BCUT2D eigenvalue weighted by Crippen LogP contribution is 2.24. The maximum atomic E-state index is 12.4. The van der Waals surface area contributed by atoms with Gasteiger partial charge in [-0.05, 0) is 62.2 Å². The minimum Gasteiger partial charge on any atom is -0.353 e. The van der Waals surface area contributed by atoms with Gasteiger partial charge in [-0.15, -0.1) is 0 Å². The predicted molar refractivity (Wildman–Crippen MR) is 123 cm³/mol. The number of nitrogens with one attached hydrogen (secondary N) is 2.